The molecule has 3 nitrogen and oxygen atoms in total. The number of phenols is 1. The highest BCUT2D eigenvalue weighted by Gasteiger charge is 2.22. The van der Waals surface area contributed by atoms with Crippen molar-refractivity contribution in [1.82, 2.24) is 0 Å². The van der Waals surface area contributed by atoms with E-state index in [4.69, 9.17) is 51.1 Å². The molecule has 7 heteroatoms. The van der Waals surface area contributed by atoms with E-state index in [1.807, 2.05) is 6.92 Å². The van der Waals surface area contributed by atoms with E-state index >= 15 is 0 Å². The van der Waals surface area contributed by atoms with Crippen LogP contribution in [0.15, 0.2) is 24.3 Å². The van der Waals surface area contributed by atoms with E-state index in [0.29, 0.717) is 12.4 Å². The van der Waals surface area contributed by atoms with Crippen molar-refractivity contribution in [3.05, 3.63) is 55.5 Å². The summed E-state index contributed by atoms with van der Waals surface area (Å²) in [6, 6.07) is 5.95. The molecule has 0 aliphatic heterocycles. The van der Waals surface area contributed by atoms with Crippen LogP contribution in [0, 0.1) is 0 Å². The highest BCUT2D eigenvalue weighted by molar-refractivity contribution is 6.49. The van der Waals surface area contributed by atoms with Crippen molar-refractivity contribution in [3.8, 4) is 11.5 Å². The molecule has 23 heavy (non-hydrogen) atoms. The summed E-state index contributed by atoms with van der Waals surface area (Å²) in [6.07, 6.45) is 0.855. The van der Waals surface area contributed by atoms with Crippen molar-refractivity contribution in [2.45, 2.75) is 13.3 Å². The van der Waals surface area contributed by atoms with Crippen LogP contribution in [0.25, 0.3) is 0 Å². The molecule has 122 valence electrons. The van der Waals surface area contributed by atoms with E-state index in [9.17, 15) is 9.90 Å². The zero-order chi connectivity index (χ0) is 17.1. The van der Waals surface area contributed by atoms with Gasteiger partial charge >= 0.3 is 0 Å². The van der Waals surface area contributed by atoms with E-state index in [1.54, 1.807) is 12.1 Å². The lowest BCUT2D eigenvalue weighted by Gasteiger charge is -2.11. The number of rotatable bonds is 5. The van der Waals surface area contributed by atoms with E-state index in [-0.39, 0.29) is 31.2 Å². The van der Waals surface area contributed by atoms with Crippen molar-refractivity contribution in [1.29, 1.82) is 0 Å². The number of ketones is 1. The number of carbonyl (C=O) groups excluding carboxylic acids is 1. The zero-order valence-electron chi connectivity index (χ0n) is 12.0. The van der Waals surface area contributed by atoms with E-state index in [1.165, 1.54) is 12.1 Å². The smallest absolute Gasteiger partial charge is 0.198 e. The summed E-state index contributed by atoms with van der Waals surface area (Å²) in [5.41, 5.74) is 0.119. The molecule has 0 bridgehead atoms. The molecule has 0 aliphatic rings. The Hall–Kier alpha value is -1.13. The molecule has 0 spiro atoms. The first-order chi connectivity index (χ1) is 10.9. The van der Waals surface area contributed by atoms with Crippen molar-refractivity contribution >= 4 is 52.2 Å². The molecule has 2 aromatic rings. The topological polar surface area (TPSA) is 46.5 Å². The van der Waals surface area contributed by atoms with Crippen molar-refractivity contribution in [2.24, 2.45) is 0 Å². The minimum atomic E-state index is -0.519. The molecule has 2 aromatic carbocycles. The first-order valence-electron chi connectivity index (χ1n) is 6.70. The van der Waals surface area contributed by atoms with Gasteiger partial charge in [-0.25, -0.2) is 0 Å². The Morgan fingerprint density at radius 3 is 2.35 bits per heavy atom. The van der Waals surface area contributed by atoms with Crippen LogP contribution in [0.3, 0.4) is 0 Å². The zero-order valence-corrected chi connectivity index (χ0v) is 15.0. The standard InChI is InChI=1S/C16H12Cl4O3/c1-2-5-23-8-3-4-9(11(17)6-8)15(21)10-7-12(18)13(19)14(20)16(10)22/h3-4,6-7,22H,2,5H2,1H3. The maximum absolute atomic E-state index is 12.6. The van der Waals surface area contributed by atoms with Crippen LogP contribution in [-0.2, 0) is 0 Å². The number of halogens is 4. The highest BCUT2D eigenvalue weighted by atomic mass is 35.5. The quantitative estimate of drug-likeness (QED) is 0.498. The predicted octanol–water partition coefficient (Wildman–Crippen LogP) is 6.03. The number of benzene rings is 2. The molecule has 0 radical (unpaired) electrons. The lowest BCUT2D eigenvalue weighted by atomic mass is 10.0. The molecule has 0 aliphatic carbocycles. The van der Waals surface area contributed by atoms with Gasteiger partial charge in [0, 0.05) is 5.56 Å². The van der Waals surface area contributed by atoms with Crippen LogP contribution in [0.4, 0.5) is 0 Å². The minimum Gasteiger partial charge on any atom is -0.506 e. The summed E-state index contributed by atoms with van der Waals surface area (Å²) >= 11 is 23.8. The Balaban J connectivity index is 2.42. The SMILES string of the molecule is CCCOc1ccc(C(=O)c2cc(Cl)c(Cl)c(Cl)c2O)c(Cl)c1. The maximum atomic E-state index is 12.6. The molecule has 2 rings (SSSR count). The fourth-order valence-corrected chi connectivity index (χ4v) is 2.75. The van der Waals surface area contributed by atoms with Crippen LogP contribution >= 0.6 is 46.4 Å². The number of ether oxygens (including phenoxy) is 1. The number of hydrogen-bond acceptors (Lipinski definition) is 3. The van der Waals surface area contributed by atoms with Crippen LogP contribution in [-0.4, -0.2) is 17.5 Å². The second kappa shape index (κ2) is 7.63. The summed E-state index contributed by atoms with van der Waals surface area (Å²) < 4.78 is 5.45. The summed E-state index contributed by atoms with van der Waals surface area (Å²) in [4.78, 5) is 12.6. The summed E-state index contributed by atoms with van der Waals surface area (Å²) in [6.45, 7) is 2.53. The van der Waals surface area contributed by atoms with Crippen LogP contribution in [0.2, 0.25) is 20.1 Å². The predicted molar refractivity (Wildman–Crippen MR) is 93.8 cm³/mol. The molecule has 0 amide bonds. The number of aromatic hydroxyl groups is 1. The first kappa shape index (κ1) is 18.2. The van der Waals surface area contributed by atoms with Crippen molar-refractivity contribution in [2.75, 3.05) is 6.61 Å². The second-order valence-electron chi connectivity index (χ2n) is 4.70. The van der Waals surface area contributed by atoms with Gasteiger partial charge in [-0.2, -0.15) is 0 Å². The van der Waals surface area contributed by atoms with Crippen molar-refractivity contribution in [3.63, 3.8) is 0 Å². The van der Waals surface area contributed by atoms with Gasteiger partial charge < -0.3 is 9.84 Å². The number of hydrogen-bond donors (Lipinski definition) is 1. The van der Waals surface area contributed by atoms with Gasteiger partial charge in [-0.05, 0) is 30.7 Å². The Morgan fingerprint density at radius 2 is 1.74 bits per heavy atom. The van der Waals surface area contributed by atoms with Gasteiger partial charge in [0.05, 0.1) is 27.2 Å². The lowest BCUT2D eigenvalue weighted by molar-refractivity contribution is 0.103. The second-order valence-corrected chi connectivity index (χ2v) is 6.27. The Morgan fingerprint density at radius 1 is 1.04 bits per heavy atom. The van der Waals surface area contributed by atoms with Gasteiger partial charge in [0.15, 0.2) is 5.78 Å². The van der Waals surface area contributed by atoms with E-state index in [2.05, 4.69) is 0 Å². The number of phenolic OH excluding ortho intramolecular Hbond substituents is 1. The van der Waals surface area contributed by atoms with Crippen LogP contribution in [0.5, 0.6) is 11.5 Å². The first-order valence-corrected chi connectivity index (χ1v) is 8.21. The minimum absolute atomic E-state index is 0.0169. The Bertz CT molecular complexity index is 759. The third kappa shape index (κ3) is 3.86. The highest BCUT2D eigenvalue weighted by Crippen LogP contribution is 2.40. The van der Waals surface area contributed by atoms with Crippen LogP contribution in [0.1, 0.15) is 29.3 Å². The fourth-order valence-electron chi connectivity index (χ4n) is 1.89. The third-order valence-electron chi connectivity index (χ3n) is 3.04. The van der Waals surface area contributed by atoms with E-state index < -0.39 is 11.5 Å². The molecule has 0 heterocycles. The largest absolute Gasteiger partial charge is 0.506 e. The average molecular weight is 394 g/mol. The van der Waals surface area contributed by atoms with Gasteiger partial charge in [-0.3, -0.25) is 4.79 Å². The average Bonchev–Trinajstić information content (AvgIpc) is 2.53. The molecule has 0 atom stereocenters. The summed E-state index contributed by atoms with van der Waals surface area (Å²) in [5, 5.41) is 10.1. The molecule has 0 fully saturated rings. The molecule has 0 aromatic heterocycles. The van der Waals surface area contributed by atoms with Gasteiger partial charge in [-0.15, -0.1) is 0 Å². The fraction of sp³-hybridized carbons (Fsp3) is 0.188. The Kier molecular flexibility index (Phi) is 6.04. The van der Waals surface area contributed by atoms with E-state index in [0.717, 1.165) is 6.42 Å². The third-order valence-corrected chi connectivity index (χ3v) is 4.60. The normalized spacial score (nSPS) is 10.7. The molecule has 1 N–H and O–H groups in total. The van der Waals surface area contributed by atoms with Crippen LogP contribution < -0.4 is 4.74 Å². The van der Waals surface area contributed by atoms with Crippen molar-refractivity contribution < 1.29 is 14.6 Å². The molecule has 0 saturated carbocycles. The lowest BCUT2D eigenvalue weighted by Crippen LogP contribution is -2.04. The van der Waals surface area contributed by atoms with Gasteiger partial charge in [0.25, 0.3) is 0 Å². The molecular weight excluding hydrogens is 382 g/mol. The number of carbonyl (C=O) groups is 1. The summed E-state index contributed by atoms with van der Waals surface area (Å²) in [7, 11) is 0. The van der Waals surface area contributed by atoms with Gasteiger partial charge in [0.1, 0.15) is 16.5 Å². The van der Waals surface area contributed by atoms with Gasteiger partial charge in [-0.1, -0.05) is 53.3 Å². The molecular formula is C16H12Cl4O3. The van der Waals surface area contributed by atoms with Gasteiger partial charge in [0.2, 0.25) is 0 Å². The maximum Gasteiger partial charge on any atom is 0.198 e. The molecule has 0 saturated heterocycles. The molecule has 0 unspecified atom stereocenters. The monoisotopic (exact) mass is 392 g/mol. The summed E-state index contributed by atoms with van der Waals surface area (Å²) in [5.74, 6) is -0.395. The Labute approximate surface area is 153 Å².